The van der Waals surface area contributed by atoms with Gasteiger partial charge in [0.1, 0.15) is 11.6 Å². The first-order valence-electron chi connectivity index (χ1n) is 4.88. The maximum absolute atomic E-state index is 11.5. The number of hydrogen-bond donors (Lipinski definition) is 2. The topological polar surface area (TPSA) is 75.6 Å². The first kappa shape index (κ1) is 13.9. The molecule has 0 saturated carbocycles. The van der Waals surface area contributed by atoms with Gasteiger partial charge in [-0.1, -0.05) is 0 Å². The van der Waals surface area contributed by atoms with E-state index in [0.717, 1.165) is 0 Å². The molecule has 2 N–H and O–H groups in total. The number of carboxylic acids is 1. The summed E-state index contributed by atoms with van der Waals surface area (Å²) < 4.78 is 5.13. The van der Waals surface area contributed by atoms with Gasteiger partial charge >= 0.3 is 11.9 Å². The minimum atomic E-state index is -0.918. The van der Waals surface area contributed by atoms with Crippen LogP contribution in [0.4, 0.5) is 0 Å². The highest BCUT2D eigenvalue weighted by Crippen LogP contribution is 2.10. The minimum Gasteiger partial charge on any atom is -0.481 e. The Morgan fingerprint density at radius 1 is 1.40 bits per heavy atom. The first-order chi connectivity index (χ1) is 6.76. The number of aliphatic carboxylic acids is 1. The van der Waals surface area contributed by atoms with Crippen LogP contribution in [-0.4, -0.2) is 35.7 Å². The van der Waals surface area contributed by atoms with E-state index in [-0.39, 0.29) is 12.8 Å². The summed E-state index contributed by atoms with van der Waals surface area (Å²) in [6.45, 7) is 5.32. The second-order valence-corrected chi connectivity index (χ2v) is 4.31. The lowest BCUT2D eigenvalue weighted by molar-refractivity contribution is -0.157. The van der Waals surface area contributed by atoms with Gasteiger partial charge in [-0.15, -0.1) is 0 Å². The van der Waals surface area contributed by atoms with Gasteiger partial charge in [0.25, 0.3) is 0 Å². The van der Waals surface area contributed by atoms with E-state index in [9.17, 15) is 9.59 Å². The van der Waals surface area contributed by atoms with Crippen LogP contribution in [0.1, 0.15) is 33.6 Å². The van der Waals surface area contributed by atoms with E-state index in [1.54, 1.807) is 27.8 Å². The van der Waals surface area contributed by atoms with Crippen molar-refractivity contribution in [2.75, 3.05) is 7.05 Å². The number of ether oxygens (including phenoxy) is 1. The van der Waals surface area contributed by atoms with Crippen LogP contribution in [0.2, 0.25) is 0 Å². The fourth-order valence-corrected chi connectivity index (χ4v) is 1.02. The number of rotatable bonds is 5. The van der Waals surface area contributed by atoms with Crippen molar-refractivity contribution >= 4 is 11.9 Å². The highest BCUT2D eigenvalue weighted by molar-refractivity contribution is 5.77. The second kappa shape index (κ2) is 5.70. The summed E-state index contributed by atoms with van der Waals surface area (Å²) in [5.74, 6) is -1.33. The van der Waals surface area contributed by atoms with Gasteiger partial charge < -0.3 is 15.2 Å². The molecule has 0 amide bonds. The Bertz CT molecular complexity index is 232. The minimum absolute atomic E-state index is 0.0508. The van der Waals surface area contributed by atoms with Gasteiger partial charge in [-0.25, -0.2) is 0 Å². The molecule has 88 valence electrons. The summed E-state index contributed by atoms with van der Waals surface area (Å²) in [6.07, 6.45) is 0.186. The number of likely N-dealkylation sites (N-methyl/N-ethyl adjacent to an activating group) is 1. The Morgan fingerprint density at radius 2 is 1.93 bits per heavy atom. The van der Waals surface area contributed by atoms with Gasteiger partial charge in [-0.2, -0.15) is 0 Å². The zero-order valence-corrected chi connectivity index (χ0v) is 9.66. The molecule has 0 unspecified atom stereocenters. The van der Waals surface area contributed by atoms with Crippen molar-refractivity contribution in [2.45, 2.75) is 45.3 Å². The molecule has 0 spiro atoms. The van der Waals surface area contributed by atoms with Crippen molar-refractivity contribution in [1.29, 1.82) is 0 Å². The zero-order valence-electron chi connectivity index (χ0n) is 9.66. The number of carboxylic acid groups (broad SMARTS) is 1. The maximum Gasteiger partial charge on any atom is 0.323 e. The number of nitrogens with one attached hydrogen (secondary N) is 1. The summed E-state index contributed by atoms with van der Waals surface area (Å²) in [4.78, 5) is 21.9. The molecular weight excluding hydrogens is 198 g/mol. The van der Waals surface area contributed by atoms with Gasteiger partial charge in [0.2, 0.25) is 0 Å². The lowest BCUT2D eigenvalue weighted by atomic mass is 10.1. The fourth-order valence-electron chi connectivity index (χ4n) is 1.02. The van der Waals surface area contributed by atoms with Crippen molar-refractivity contribution in [2.24, 2.45) is 0 Å². The van der Waals surface area contributed by atoms with E-state index in [2.05, 4.69) is 5.32 Å². The summed E-state index contributed by atoms with van der Waals surface area (Å²) in [5.41, 5.74) is -0.546. The largest absolute Gasteiger partial charge is 0.481 e. The molecule has 0 fully saturated rings. The third kappa shape index (κ3) is 6.90. The van der Waals surface area contributed by atoms with Crippen LogP contribution >= 0.6 is 0 Å². The molecule has 5 heteroatoms. The van der Waals surface area contributed by atoms with E-state index in [0.29, 0.717) is 0 Å². The smallest absolute Gasteiger partial charge is 0.323 e. The number of carbonyl (C=O) groups excluding carboxylic acids is 1. The van der Waals surface area contributed by atoms with Crippen LogP contribution in [0.15, 0.2) is 0 Å². The van der Waals surface area contributed by atoms with Crippen LogP contribution in [0.25, 0.3) is 0 Å². The summed E-state index contributed by atoms with van der Waals surface area (Å²) in [7, 11) is 1.61. The lowest BCUT2D eigenvalue weighted by Crippen LogP contribution is -2.39. The molecule has 0 aromatic rings. The Labute approximate surface area is 89.8 Å². The predicted octanol–water partition coefficient (Wildman–Crippen LogP) is 0.781. The molecule has 5 nitrogen and oxygen atoms in total. The Balaban J connectivity index is 4.16. The molecule has 0 bridgehead atoms. The van der Waals surface area contributed by atoms with E-state index >= 15 is 0 Å². The molecule has 0 aliphatic heterocycles. The van der Waals surface area contributed by atoms with Gasteiger partial charge in [-0.3, -0.25) is 9.59 Å². The van der Waals surface area contributed by atoms with Crippen molar-refractivity contribution in [1.82, 2.24) is 5.32 Å². The molecule has 0 radical (unpaired) electrons. The molecule has 15 heavy (non-hydrogen) atoms. The molecule has 0 aromatic carbocycles. The monoisotopic (exact) mass is 217 g/mol. The summed E-state index contributed by atoms with van der Waals surface area (Å²) in [6, 6.07) is -0.555. The molecule has 0 rings (SSSR count). The van der Waals surface area contributed by atoms with Gasteiger partial charge in [0.05, 0.1) is 0 Å². The molecule has 0 aliphatic carbocycles. The highest BCUT2D eigenvalue weighted by Gasteiger charge is 2.24. The average molecular weight is 217 g/mol. The normalized spacial score (nSPS) is 13.3. The Hall–Kier alpha value is -1.10. The van der Waals surface area contributed by atoms with Crippen molar-refractivity contribution in [3.8, 4) is 0 Å². The summed E-state index contributed by atoms with van der Waals surface area (Å²) in [5, 5.41) is 11.2. The Kier molecular flexibility index (Phi) is 5.28. The molecule has 0 aliphatic rings. The van der Waals surface area contributed by atoms with Crippen molar-refractivity contribution in [3.63, 3.8) is 0 Å². The number of hydrogen-bond acceptors (Lipinski definition) is 4. The van der Waals surface area contributed by atoms with Crippen molar-refractivity contribution in [3.05, 3.63) is 0 Å². The number of esters is 1. The van der Waals surface area contributed by atoms with E-state index in [4.69, 9.17) is 9.84 Å². The quantitative estimate of drug-likeness (QED) is 0.665. The van der Waals surface area contributed by atoms with Crippen LogP contribution in [0, 0.1) is 0 Å². The number of carbonyl (C=O) groups is 2. The van der Waals surface area contributed by atoms with E-state index in [1.807, 2.05) is 0 Å². The molecule has 1 atom stereocenters. The molecule has 0 heterocycles. The Morgan fingerprint density at radius 3 is 2.27 bits per heavy atom. The molecule has 0 aromatic heterocycles. The first-order valence-corrected chi connectivity index (χ1v) is 4.88. The fraction of sp³-hybridized carbons (Fsp3) is 0.800. The van der Waals surface area contributed by atoms with Gasteiger partial charge in [-0.05, 0) is 34.2 Å². The SMILES string of the molecule is CN[C@H](CCC(=O)O)C(=O)OC(C)(C)C. The predicted molar refractivity (Wildman–Crippen MR) is 55.6 cm³/mol. The zero-order chi connectivity index (χ0) is 12.1. The highest BCUT2D eigenvalue weighted by atomic mass is 16.6. The summed E-state index contributed by atoms with van der Waals surface area (Å²) >= 11 is 0. The van der Waals surface area contributed by atoms with Crippen LogP contribution < -0.4 is 5.32 Å². The lowest BCUT2D eigenvalue weighted by Gasteiger charge is -2.23. The van der Waals surface area contributed by atoms with Gasteiger partial charge in [0.15, 0.2) is 0 Å². The van der Waals surface area contributed by atoms with E-state index in [1.165, 1.54) is 0 Å². The third-order valence-corrected chi connectivity index (χ3v) is 1.69. The van der Waals surface area contributed by atoms with Crippen LogP contribution in [0.5, 0.6) is 0 Å². The molecule has 0 saturated heterocycles. The third-order valence-electron chi connectivity index (χ3n) is 1.69. The maximum atomic E-state index is 11.5. The van der Waals surface area contributed by atoms with E-state index < -0.39 is 23.6 Å². The second-order valence-electron chi connectivity index (χ2n) is 4.31. The van der Waals surface area contributed by atoms with Gasteiger partial charge in [0, 0.05) is 6.42 Å². The van der Waals surface area contributed by atoms with Crippen LogP contribution in [0.3, 0.4) is 0 Å². The van der Waals surface area contributed by atoms with Crippen molar-refractivity contribution < 1.29 is 19.4 Å². The molecular formula is C10H19NO4. The van der Waals surface area contributed by atoms with Crippen LogP contribution in [-0.2, 0) is 14.3 Å². The average Bonchev–Trinajstić information content (AvgIpc) is 2.01. The standard InChI is InChI=1S/C10H19NO4/c1-10(2,3)15-9(14)7(11-4)5-6-8(12)13/h7,11H,5-6H2,1-4H3,(H,12,13)/t7-/m1/s1.